The average molecular weight is 361 g/mol. The zero-order valence-corrected chi connectivity index (χ0v) is 16.6. The maximum absolute atomic E-state index is 5.59. The molecule has 3 aliphatic heterocycles. The summed E-state index contributed by atoms with van der Waals surface area (Å²) in [4.78, 5) is 14.6. The van der Waals surface area contributed by atoms with Crippen molar-refractivity contribution >= 4 is 5.82 Å². The van der Waals surface area contributed by atoms with Gasteiger partial charge in [0.25, 0.3) is 0 Å². The number of likely N-dealkylation sites (tertiary alicyclic amines) is 1. The van der Waals surface area contributed by atoms with Gasteiger partial charge in [-0.3, -0.25) is 0 Å². The summed E-state index contributed by atoms with van der Waals surface area (Å²) in [5, 5.41) is 0. The second-order valence-electron chi connectivity index (χ2n) is 9.39. The summed E-state index contributed by atoms with van der Waals surface area (Å²) in [5.74, 6) is 2.24. The number of ether oxygens (including phenoxy) is 2. The first-order chi connectivity index (χ1) is 12.4. The Hall–Kier alpha value is -1.24. The van der Waals surface area contributed by atoms with Gasteiger partial charge in [0.1, 0.15) is 12.4 Å². The molecule has 3 atom stereocenters. The highest BCUT2D eigenvalue weighted by Gasteiger charge is 2.47. The zero-order chi connectivity index (χ0) is 18.4. The first-order valence-electron chi connectivity index (χ1n) is 9.76. The summed E-state index contributed by atoms with van der Waals surface area (Å²) in [5.41, 5.74) is 1.73. The van der Waals surface area contributed by atoms with Crippen molar-refractivity contribution < 1.29 is 9.47 Å². The van der Waals surface area contributed by atoms with Crippen LogP contribution >= 0.6 is 0 Å². The van der Waals surface area contributed by atoms with Crippen molar-refractivity contribution in [2.24, 2.45) is 10.8 Å². The molecule has 0 radical (unpaired) electrons. The van der Waals surface area contributed by atoms with Gasteiger partial charge in [-0.25, -0.2) is 9.97 Å². The Kier molecular flexibility index (Phi) is 4.70. The molecule has 0 spiro atoms. The van der Waals surface area contributed by atoms with E-state index >= 15 is 0 Å². The number of hydrogen-bond donors (Lipinski definition) is 0. The van der Waals surface area contributed by atoms with Crippen LogP contribution in [0.2, 0.25) is 0 Å². The van der Waals surface area contributed by atoms with E-state index < -0.39 is 0 Å². The number of rotatable bonds is 4. The van der Waals surface area contributed by atoms with Crippen LogP contribution in [0.4, 0.5) is 5.82 Å². The molecule has 6 nitrogen and oxygen atoms in total. The molecule has 0 amide bonds. The standard InChI is InChI=1S/C20H32N4O2/c1-19-10-20(2,12-23(3)11-19)14-24(13-19)18-7-16(15-5-6-26-8-15)21-17(22-18)9-25-4/h7,15H,5-6,8-14H2,1-4H3/t15-,19-,20+/m1/s1. The Morgan fingerprint density at radius 1 is 1.19 bits per heavy atom. The molecule has 4 heterocycles. The number of piperidine rings is 2. The van der Waals surface area contributed by atoms with Gasteiger partial charge in [-0.2, -0.15) is 0 Å². The van der Waals surface area contributed by atoms with Gasteiger partial charge < -0.3 is 19.3 Å². The fourth-order valence-corrected chi connectivity index (χ4v) is 5.69. The molecule has 0 aliphatic carbocycles. The normalized spacial score (nSPS) is 35.1. The molecule has 3 saturated heterocycles. The highest BCUT2D eigenvalue weighted by Crippen LogP contribution is 2.46. The fourth-order valence-electron chi connectivity index (χ4n) is 5.69. The molecule has 6 heteroatoms. The Balaban J connectivity index is 1.66. The maximum atomic E-state index is 5.59. The monoisotopic (exact) mass is 360 g/mol. The number of fused-ring (bicyclic) bond motifs is 2. The van der Waals surface area contributed by atoms with Crippen LogP contribution in [0.1, 0.15) is 44.1 Å². The summed E-state index contributed by atoms with van der Waals surface area (Å²) in [6.07, 6.45) is 2.34. The van der Waals surface area contributed by atoms with Gasteiger partial charge in [0, 0.05) is 51.9 Å². The van der Waals surface area contributed by atoms with Crippen molar-refractivity contribution in [2.75, 3.05) is 58.5 Å². The van der Waals surface area contributed by atoms with E-state index in [1.807, 2.05) is 0 Å². The van der Waals surface area contributed by atoms with Crippen LogP contribution in [0.15, 0.2) is 6.07 Å². The Bertz CT molecular complexity index is 643. The third-order valence-electron chi connectivity index (χ3n) is 6.03. The minimum Gasteiger partial charge on any atom is -0.381 e. The lowest BCUT2D eigenvalue weighted by molar-refractivity contribution is 0.00501. The molecule has 1 aromatic rings. The van der Waals surface area contributed by atoms with Crippen LogP contribution in [0.5, 0.6) is 0 Å². The van der Waals surface area contributed by atoms with Crippen molar-refractivity contribution in [1.29, 1.82) is 0 Å². The lowest BCUT2D eigenvalue weighted by atomic mass is 9.65. The number of aromatic nitrogens is 2. The largest absolute Gasteiger partial charge is 0.381 e. The van der Waals surface area contributed by atoms with Crippen LogP contribution in [0.25, 0.3) is 0 Å². The summed E-state index contributed by atoms with van der Waals surface area (Å²) in [7, 11) is 3.96. The lowest BCUT2D eigenvalue weighted by Gasteiger charge is -2.56. The topological polar surface area (TPSA) is 50.7 Å². The van der Waals surface area contributed by atoms with Crippen LogP contribution in [0, 0.1) is 10.8 Å². The third kappa shape index (κ3) is 3.59. The van der Waals surface area contributed by atoms with Crippen molar-refractivity contribution in [3.8, 4) is 0 Å². The number of anilines is 1. The van der Waals surface area contributed by atoms with E-state index in [2.05, 4.69) is 36.8 Å². The first-order valence-corrected chi connectivity index (χ1v) is 9.76. The smallest absolute Gasteiger partial charge is 0.156 e. The quantitative estimate of drug-likeness (QED) is 0.821. The molecule has 0 aromatic carbocycles. The summed E-state index contributed by atoms with van der Waals surface area (Å²) in [6.45, 7) is 11.3. The molecule has 0 saturated carbocycles. The molecular formula is C20H32N4O2. The van der Waals surface area contributed by atoms with E-state index in [9.17, 15) is 0 Å². The molecule has 4 rings (SSSR count). The maximum Gasteiger partial charge on any atom is 0.156 e. The van der Waals surface area contributed by atoms with E-state index in [-0.39, 0.29) is 0 Å². The van der Waals surface area contributed by atoms with Gasteiger partial charge in [-0.1, -0.05) is 13.8 Å². The summed E-state index contributed by atoms with van der Waals surface area (Å²) in [6, 6.07) is 2.20. The van der Waals surface area contributed by atoms with Crippen LogP contribution in [-0.2, 0) is 16.1 Å². The van der Waals surface area contributed by atoms with E-state index in [4.69, 9.17) is 19.4 Å². The van der Waals surface area contributed by atoms with Crippen LogP contribution in [0.3, 0.4) is 0 Å². The van der Waals surface area contributed by atoms with Crippen molar-refractivity contribution in [2.45, 2.75) is 39.2 Å². The second kappa shape index (κ2) is 6.73. The fraction of sp³-hybridized carbons (Fsp3) is 0.800. The Morgan fingerprint density at radius 3 is 2.54 bits per heavy atom. The molecule has 3 aliphatic rings. The van der Waals surface area contributed by atoms with Gasteiger partial charge in [-0.05, 0) is 30.7 Å². The number of nitrogens with zero attached hydrogens (tertiary/aromatic N) is 4. The molecule has 0 unspecified atom stereocenters. The third-order valence-corrected chi connectivity index (χ3v) is 6.03. The molecule has 0 N–H and O–H groups in total. The Labute approximate surface area is 156 Å². The van der Waals surface area contributed by atoms with Crippen molar-refractivity contribution in [3.05, 3.63) is 17.6 Å². The van der Waals surface area contributed by atoms with E-state index in [1.54, 1.807) is 7.11 Å². The first kappa shape index (κ1) is 18.1. The lowest BCUT2D eigenvalue weighted by Crippen LogP contribution is -2.61. The molecule has 26 heavy (non-hydrogen) atoms. The zero-order valence-electron chi connectivity index (χ0n) is 16.6. The van der Waals surface area contributed by atoms with Gasteiger partial charge in [0.15, 0.2) is 5.82 Å². The number of hydrogen-bond acceptors (Lipinski definition) is 6. The molecule has 1 aromatic heterocycles. The predicted molar refractivity (Wildman–Crippen MR) is 101 cm³/mol. The van der Waals surface area contributed by atoms with E-state index in [1.165, 1.54) is 6.42 Å². The predicted octanol–water partition coefficient (Wildman–Crippen LogP) is 2.29. The summed E-state index contributed by atoms with van der Waals surface area (Å²) < 4.78 is 10.9. The molecule has 2 bridgehead atoms. The van der Waals surface area contributed by atoms with Crippen molar-refractivity contribution in [1.82, 2.24) is 14.9 Å². The molecular weight excluding hydrogens is 328 g/mol. The van der Waals surface area contributed by atoms with E-state index in [0.717, 1.165) is 63.1 Å². The highest BCUT2D eigenvalue weighted by molar-refractivity contribution is 5.43. The summed E-state index contributed by atoms with van der Waals surface area (Å²) >= 11 is 0. The SMILES string of the molecule is COCc1nc([C@@H]2CCOC2)cc(N2C[C@]3(C)CN(C)C[C@](C)(C2)C3)n1. The van der Waals surface area contributed by atoms with Crippen molar-refractivity contribution in [3.63, 3.8) is 0 Å². The molecule has 144 valence electrons. The van der Waals surface area contributed by atoms with Gasteiger partial charge in [0.2, 0.25) is 0 Å². The average Bonchev–Trinajstić information content (AvgIpc) is 3.06. The number of methoxy groups -OCH3 is 1. The second-order valence-corrected chi connectivity index (χ2v) is 9.39. The minimum atomic E-state index is 0.309. The van der Waals surface area contributed by atoms with Crippen LogP contribution < -0.4 is 4.90 Å². The van der Waals surface area contributed by atoms with Gasteiger partial charge >= 0.3 is 0 Å². The minimum absolute atomic E-state index is 0.309. The van der Waals surface area contributed by atoms with Gasteiger partial charge in [-0.15, -0.1) is 0 Å². The highest BCUT2D eigenvalue weighted by atomic mass is 16.5. The Morgan fingerprint density at radius 2 is 1.92 bits per heavy atom. The van der Waals surface area contributed by atoms with Crippen LogP contribution in [-0.4, -0.2) is 68.4 Å². The van der Waals surface area contributed by atoms with E-state index in [0.29, 0.717) is 23.4 Å². The molecule has 3 fully saturated rings. The van der Waals surface area contributed by atoms with Gasteiger partial charge in [0.05, 0.1) is 12.3 Å².